The van der Waals surface area contributed by atoms with Gasteiger partial charge < -0.3 is 4.90 Å². The van der Waals surface area contributed by atoms with E-state index in [1.165, 1.54) is 12.0 Å². The average Bonchev–Trinajstić information content (AvgIpc) is 2.75. The Balaban J connectivity index is 1.86. The molecule has 2 saturated heterocycles. The number of hydrogen-bond acceptors (Lipinski definition) is 1. The lowest BCUT2D eigenvalue weighted by Crippen LogP contribution is -2.40. The zero-order chi connectivity index (χ0) is 11.0. The van der Waals surface area contributed by atoms with Crippen LogP contribution < -0.4 is 0 Å². The number of carbonyl (C=O) groups is 1. The number of benzene rings is 1. The van der Waals surface area contributed by atoms with Crippen molar-refractivity contribution in [3.05, 3.63) is 35.9 Å². The van der Waals surface area contributed by atoms with Crippen molar-refractivity contribution in [2.45, 2.75) is 37.6 Å². The van der Waals surface area contributed by atoms with Gasteiger partial charge in [-0.25, -0.2) is 0 Å². The molecule has 0 saturated carbocycles. The molecule has 2 aliphatic rings. The van der Waals surface area contributed by atoms with Crippen LogP contribution in [-0.4, -0.2) is 23.4 Å². The van der Waals surface area contributed by atoms with Gasteiger partial charge in [-0.1, -0.05) is 30.3 Å². The minimum Gasteiger partial charge on any atom is -0.339 e. The van der Waals surface area contributed by atoms with Gasteiger partial charge >= 0.3 is 0 Å². The summed E-state index contributed by atoms with van der Waals surface area (Å²) in [6.45, 7) is 0.961. The van der Waals surface area contributed by atoms with Gasteiger partial charge in [0.2, 0.25) is 5.91 Å². The molecule has 0 bridgehead atoms. The average molecular weight is 215 g/mol. The molecule has 0 aliphatic carbocycles. The van der Waals surface area contributed by atoms with E-state index in [0.29, 0.717) is 17.9 Å². The summed E-state index contributed by atoms with van der Waals surface area (Å²) in [4.78, 5) is 13.9. The van der Waals surface area contributed by atoms with Crippen molar-refractivity contribution in [3.63, 3.8) is 0 Å². The molecular weight excluding hydrogens is 198 g/mol. The Hall–Kier alpha value is -1.31. The highest BCUT2D eigenvalue weighted by Crippen LogP contribution is 2.38. The lowest BCUT2D eigenvalue weighted by molar-refractivity contribution is -0.134. The smallest absolute Gasteiger partial charge is 0.222 e. The van der Waals surface area contributed by atoms with Crippen molar-refractivity contribution in [2.24, 2.45) is 0 Å². The quantitative estimate of drug-likeness (QED) is 0.705. The van der Waals surface area contributed by atoms with Crippen molar-refractivity contribution in [2.75, 3.05) is 6.54 Å². The maximum atomic E-state index is 11.8. The fraction of sp³-hybridized carbons (Fsp3) is 0.500. The molecule has 0 aromatic heterocycles. The van der Waals surface area contributed by atoms with Gasteiger partial charge in [-0.05, 0) is 24.8 Å². The van der Waals surface area contributed by atoms with E-state index in [9.17, 15) is 4.79 Å². The van der Waals surface area contributed by atoms with Crippen LogP contribution in [0.3, 0.4) is 0 Å². The van der Waals surface area contributed by atoms with Gasteiger partial charge in [-0.15, -0.1) is 0 Å². The molecule has 2 atom stereocenters. The van der Waals surface area contributed by atoms with Crippen LogP contribution >= 0.6 is 0 Å². The van der Waals surface area contributed by atoms with Crippen molar-refractivity contribution in [1.82, 2.24) is 4.90 Å². The number of nitrogens with zero attached hydrogens (tertiary/aromatic N) is 1. The fourth-order valence-electron chi connectivity index (χ4n) is 3.22. The summed E-state index contributed by atoms with van der Waals surface area (Å²) < 4.78 is 0. The maximum absolute atomic E-state index is 11.8. The minimum absolute atomic E-state index is 0.370. The second kappa shape index (κ2) is 3.93. The lowest BCUT2D eigenvalue weighted by Gasteiger charge is -2.32. The fourth-order valence-corrected chi connectivity index (χ4v) is 3.22. The second-order valence-electron chi connectivity index (χ2n) is 4.85. The minimum atomic E-state index is 0.370. The van der Waals surface area contributed by atoms with Crippen LogP contribution in [0.2, 0.25) is 0 Å². The molecule has 2 nitrogen and oxygen atoms in total. The maximum Gasteiger partial charge on any atom is 0.222 e. The first kappa shape index (κ1) is 9.88. The van der Waals surface area contributed by atoms with E-state index in [4.69, 9.17) is 0 Å². The molecule has 3 rings (SSSR count). The molecule has 0 N–H and O–H groups in total. The SMILES string of the molecule is O=C1CCCC2C(c3ccccc3)CCN12. The van der Waals surface area contributed by atoms with Crippen molar-refractivity contribution in [3.8, 4) is 0 Å². The highest BCUT2D eigenvalue weighted by atomic mass is 16.2. The third-order valence-electron chi connectivity index (χ3n) is 3.98. The van der Waals surface area contributed by atoms with E-state index in [-0.39, 0.29) is 0 Å². The first-order chi connectivity index (χ1) is 7.86. The Morgan fingerprint density at radius 2 is 1.94 bits per heavy atom. The molecule has 1 aromatic carbocycles. The number of piperidine rings is 1. The molecule has 1 aromatic rings. The molecule has 0 spiro atoms. The first-order valence-corrected chi connectivity index (χ1v) is 6.20. The second-order valence-corrected chi connectivity index (χ2v) is 4.85. The summed E-state index contributed by atoms with van der Waals surface area (Å²) in [7, 11) is 0. The Morgan fingerprint density at radius 3 is 2.75 bits per heavy atom. The van der Waals surface area contributed by atoms with Crippen LogP contribution in [0.25, 0.3) is 0 Å². The summed E-state index contributed by atoms with van der Waals surface area (Å²) in [6, 6.07) is 11.1. The molecular formula is C14H17NO. The zero-order valence-corrected chi connectivity index (χ0v) is 9.43. The number of amides is 1. The van der Waals surface area contributed by atoms with Crippen LogP contribution in [0, 0.1) is 0 Å². The van der Waals surface area contributed by atoms with Crippen molar-refractivity contribution < 1.29 is 4.79 Å². The molecule has 1 amide bonds. The number of carbonyl (C=O) groups excluding carboxylic acids is 1. The van der Waals surface area contributed by atoms with Crippen LogP contribution in [0.1, 0.15) is 37.2 Å². The van der Waals surface area contributed by atoms with E-state index < -0.39 is 0 Å². The van der Waals surface area contributed by atoms with Crippen LogP contribution in [0.15, 0.2) is 30.3 Å². The monoisotopic (exact) mass is 215 g/mol. The third-order valence-corrected chi connectivity index (χ3v) is 3.98. The van der Waals surface area contributed by atoms with Crippen LogP contribution in [0.5, 0.6) is 0 Å². The van der Waals surface area contributed by atoms with Gasteiger partial charge in [0.1, 0.15) is 0 Å². The Kier molecular flexibility index (Phi) is 2.43. The zero-order valence-electron chi connectivity index (χ0n) is 9.43. The van der Waals surface area contributed by atoms with Gasteiger partial charge in [0.15, 0.2) is 0 Å². The predicted molar refractivity (Wildman–Crippen MR) is 63.2 cm³/mol. The van der Waals surface area contributed by atoms with Gasteiger partial charge in [-0.3, -0.25) is 4.79 Å². The molecule has 84 valence electrons. The summed E-state index contributed by atoms with van der Waals surface area (Å²) in [5.41, 5.74) is 1.41. The highest BCUT2D eigenvalue weighted by molar-refractivity contribution is 5.77. The van der Waals surface area contributed by atoms with E-state index in [1.54, 1.807) is 0 Å². The predicted octanol–water partition coefficient (Wildman–Crippen LogP) is 2.56. The molecule has 0 radical (unpaired) electrons. The van der Waals surface area contributed by atoms with Crippen molar-refractivity contribution >= 4 is 5.91 Å². The Labute approximate surface area is 96.3 Å². The van der Waals surface area contributed by atoms with E-state index in [1.807, 2.05) is 0 Å². The van der Waals surface area contributed by atoms with Gasteiger partial charge in [0.05, 0.1) is 0 Å². The number of fused-ring (bicyclic) bond motifs is 1. The van der Waals surface area contributed by atoms with E-state index in [0.717, 1.165) is 25.8 Å². The number of hydrogen-bond donors (Lipinski definition) is 0. The highest BCUT2D eigenvalue weighted by Gasteiger charge is 2.39. The Morgan fingerprint density at radius 1 is 1.12 bits per heavy atom. The molecule has 2 heteroatoms. The van der Waals surface area contributed by atoms with E-state index in [2.05, 4.69) is 35.2 Å². The van der Waals surface area contributed by atoms with Crippen molar-refractivity contribution in [1.29, 1.82) is 0 Å². The van der Waals surface area contributed by atoms with Gasteiger partial charge in [-0.2, -0.15) is 0 Å². The lowest BCUT2D eigenvalue weighted by atomic mass is 9.87. The first-order valence-electron chi connectivity index (χ1n) is 6.20. The summed E-state index contributed by atoms with van der Waals surface area (Å²) >= 11 is 0. The third kappa shape index (κ3) is 1.53. The van der Waals surface area contributed by atoms with Gasteiger partial charge in [0.25, 0.3) is 0 Å². The molecule has 16 heavy (non-hydrogen) atoms. The van der Waals surface area contributed by atoms with Gasteiger partial charge in [0, 0.05) is 24.9 Å². The molecule has 2 heterocycles. The summed E-state index contributed by atoms with van der Waals surface area (Å²) in [6.07, 6.45) is 4.16. The normalized spacial score (nSPS) is 29.2. The Bertz CT molecular complexity index is 387. The molecule has 2 aliphatic heterocycles. The largest absolute Gasteiger partial charge is 0.339 e. The number of rotatable bonds is 1. The topological polar surface area (TPSA) is 20.3 Å². The summed E-state index contributed by atoms with van der Waals surface area (Å²) in [5.74, 6) is 0.945. The standard InChI is InChI=1S/C14H17NO/c16-14-8-4-7-13-12(9-10-15(13)14)11-5-2-1-3-6-11/h1-3,5-6,12-13H,4,7-10H2. The van der Waals surface area contributed by atoms with Crippen LogP contribution in [0.4, 0.5) is 0 Å². The molecule has 2 unspecified atom stereocenters. The van der Waals surface area contributed by atoms with E-state index >= 15 is 0 Å². The molecule has 2 fully saturated rings. The van der Waals surface area contributed by atoms with Crippen LogP contribution in [-0.2, 0) is 4.79 Å². The summed E-state index contributed by atoms with van der Waals surface area (Å²) in [5, 5.41) is 0.